The van der Waals surface area contributed by atoms with E-state index in [1.807, 2.05) is 54.3 Å². The molecule has 2 aromatic carbocycles. The summed E-state index contributed by atoms with van der Waals surface area (Å²) in [6, 6.07) is 13.5. The molecule has 2 aromatic rings. The molecule has 1 aliphatic carbocycles. The van der Waals surface area contributed by atoms with Gasteiger partial charge in [0.1, 0.15) is 6.10 Å². The van der Waals surface area contributed by atoms with Gasteiger partial charge in [0.25, 0.3) is 5.91 Å². The minimum Gasteiger partial charge on any atom is -0.493 e. The van der Waals surface area contributed by atoms with E-state index in [0.717, 1.165) is 29.5 Å². The van der Waals surface area contributed by atoms with Gasteiger partial charge in [0.05, 0.1) is 31.8 Å². The van der Waals surface area contributed by atoms with E-state index in [1.54, 1.807) is 14.2 Å². The number of aryl methyl sites for hydroxylation is 1. The summed E-state index contributed by atoms with van der Waals surface area (Å²) in [5, 5.41) is 0. The Morgan fingerprint density at radius 1 is 0.972 bits per heavy atom. The quantitative estimate of drug-likeness (QED) is 0.569. The number of rotatable bonds is 6. The van der Waals surface area contributed by atoms with Gasteiger partial charge >= 0.3 is 0 Å². The molecule has 0 radical (unpaired) electrons. The molecule has 1 fully saturated rings. The van der Waals surface area contributed by atoms with Gasteiger partial charge in [0, 0.05) is 6.54 Å². The van der Waals surface area contributed by atoms with Crippen LogP contribution in [0.1, 0.15) is 49.4 Å². The second kappa shape index (κ2) is 9.64. The number of amides is 1. The summed E-state index contributed by atoms with van der Waals surface area (Å²) in [7, 11) is 3.22. The van der Waals surface area contributed by atoms with Crippen LogP contribution < -0.4 is 9.47 Å². The smallest absolute Gasteiger partial charge is 0.290 e. The van der Waals surface area contributed by atoms with Gasteiger partial charge in [-0.3, -0.25) is 9.59 Å². The molecule has 5 unspecified atom stereocenters. The molecule has 2 aliphatic heterocycles. The Hall–Kier alpha value is -3.28. The number of methoxy groups -OCH3 is 2. The molecule has 5 atom stereocenters. The third kappa shape index (κ3) is 4.16. The van der Waals surface area contributed by atoms with Crippen LogP contribution in [-0.4, -0.2) is 43.5 Å². The molecule has 0 spiro atoms. The molecule has 3 aliphatic rings. The van der Waals surface area contributed by atoms with Crippen molar-refractivity contribution in [3.63, 3.8) is 0 Å². The number of carbonyl (C=O) groups is 2. The number of Topliss-reactive ketones (excluding diaryl/α,β-unsaturated/α-hetero) is 1. The first-order valence-electron chi connectivity index (χ1n) is 12.9. The Kier molecular flexibility index (Phi) is 6.54. The molecule has 0 aromatic heterocycles. The van der Waals surface area contributed by atoms with Crippen LogP contribution in [0.5, 0.6) is 11.5 Å². The minimum atomic E-state index is -0.436. The second-order valence-electron chi connectivity index (χ2n) is 10.6. The van der Waals surface area contributed by atoms with Gasteiger partial charge in [-0.15, -0.1) is 0 Å². The molecule has 1 amide bonds. The van der Waals surface area contributed by atoms with Crippen LogP contribution in [0.3, 0.4) is 0 Å². The maximum absolute atomic E-state index is 14.0. The van der Waals surface area contributed by atoms with E-state index in [4.69, 9.17) is 14.2 Å². The van der Waals surface area contributed by atoms with Crippen LogP contribution in [0, 0.1) is 24.7 Å². The van der Waals surface area contributed by atoms with Crippen molar-refractivity contribution >= 4 is 11.7 Å². The molecule has 2 heterocycles. The maximum Gasteiger partial charge on any atom is 0.290 e. The third-order valence-electron chi connectivity index (χ3n) is 8.01. The van der Waals surface area contributed by atoms with E-state index in [1.165, 1.54) is 0 Å². The van der Waals surface area contributed by atoms with Gasteiger partial charge in [0.2, 0.25) is 0 Å². The second-order valence-corrected chi connectivity index (χ2v) is 10.6. The standard InChI is InChI=1S/C30H35NO5/c1-17-6-9-21(10-7-17)26-25-27(32)22-15-18(2)14-19(3)28(22)36-29(25)30(33)31(26)13-12-20-8-11-23(34-4)24(16-20)35-5/h6-11,16,18-19,22,26,28H,12-15H2,1-5H3. The van der Waals surface area contributed by atoms with Gasteiger partial charge in [0.15, 0.2) is 23.0 Å². The van der Waals surface area contributed by atoms with E-state index in [-0.39, 0.29) is 35.4 Å². The van der Waals surface area contributed by atoms with Crippen LogP contribution in [-0.2, 0) is 20.7 Å². The zero-order valence-corrected chi connectivity index (χ0v) is 21.7. The molecule has 36 heavy (non-hydrogen) atoms. The predicted molar refractivity (Wildman–Crippen MR) is 137 cm³/mol. The first kappa shape index (κ1) is 24.4. The van der Waals surface area contributed by atoms with Crippen molar-refractivity contribution in [3.8, 4) is 11.5 Å². The fourth-order valence-electron chi connectivity index (χ4n) is 6.23. The summed E-state index contributed by atoms with van der Waals surface area (Å²) in [5.41, 5.74) is 3.64. The number of fused-ring (bicyclic) bond motifs is 1. The largest absolute Gasteiger partial charge is 0.493 e. The van der Waals surface area contributed by atoms with Crippen molar-refractivity contribution in [1.29, 1.82) is 0 Å². The summed E-state index contributed by atoms with van der Waals surface area (Å²) in [4.78, 5) is 29.5. The number of carbonyl (C=O) groups excluding carboxylic acids is 2. The van der Waals surface area contributed by atoms with Crippen LogP contribution in [0.15, 0.2) is 53.8 Å². The predicted octanol–water partition coefficient (Wildman–Crippen LogP) is 5.04. The minimum absolute atomic E-state index is 0.0900. The molecule has 6 nitrogen and oxygen atoms in total. The van der Waals surface area contributed by atoms with Gasteiger partial charge in [-0.2, -0.15) is 0 Å². The summed E-state index contributed by atoms with van der Waals surface area (Å²) in [6.07, 6.45) is 2.21. The highest BCUT2D eigenvalue weighted by Gasteiger charge is 2.53. The lowest BCUT2D eigenvalue weighted by Crippen LogP contribution is -2.45. The number of benzene rings is 2. The highest BCUT2D eigenvalue weighted by molar-refractivity contribution is 6.11. The number of ether oxygens (including phenoxy) is 3. The highest BCUT2D eigenvalue weighted by Crippen LogP contribution is 2.48. The van der Waals surface area contributed by atoms with Crippen molar-refractivity contribution in [3.05, 3.63) is 70.5 Å². The molecular formula is C30H35NO5. The molecular weight excluding hydrogens is 454 g/mol. The lowest BCUT2D eigenvalue weighted by Gasteiger charge is -2.41. The van der Waals surface area contributed by atoms with Crippen molar-refractivity contribution in [1.82, 2.24) is 4.90 Å². The molecule has 190 valence electrons. The summed E-state index contributed by atoms with van der Waals surface area (Å²) >= 11 is 0. The van der Waals surface area contributed by atoms with Crippen LogP contribution >= 0.6 is 0 Å². The van der Waals surface area contributed by atoms with Gasteiger partial charge in [-0.1, -0.05) is 49.7 Å². The Bertz CT molecular complexity index is 1200. The molecule has 0 saturated heterocycles. The molecule has 5 rings (SSSR count). The van der Waals surface area contributed by atoms with E-state index < -0.39 is 6.04 Å². The summed E-state index contributed by atoms with van der Waals surface area (Å²) in [5.74, 6) is 2.00. The lowest BCUT2D eigenvalue weighted by atomic mass is 9.70. The van der Waals surface area contributed by atoms with Crippen molar-refractivity contribution in [2.75, 3.05) is 20.8 Å². The Morgan fingerprint density at radius 2 is 1.69 bits per heavy atom. The van der Waals surface area contributed by atoms with Gasteiger partial charge in [-0.05, 0) is 61.3 Å². The lowest BCUT2D eigenvalue weighted by molar-refractivity contribution is -0.138. The zero-order valence-electron chi connectivity index (χ0n) is 21.7. The van der Waals surface area contributed by atoms with Gasteiger partial charge in [-0.25, -0.2) is 0 Å². The molecule has 1 saturated carbocycles. The molecule has 0 bridgehead atoms. The fourth-order valence-corrected chi connectivity index (χ4v) is 6.23. The number of hydrogen-bond donors (Lipinski definition) is 0. The van der Waals surface area contributed by atoms with Crippen LogP contribution in [0.25, 0.3) is 0 Å². The topological polar surface area (TPSA) is 65.1 Å². The van der Waals surface area contributed by atoms with E-state index >= 15 is 0 Å². The Labute approximate surface area is 213 Å². The Morgan fingerprint density at radius 3 is 2.39 bits per heavy atom. The number of ketones is 1. The zero-order chi connectivity index (χ0) is 25.6. The highest BCUT2D eigenvalue weighted by atomic mass is 16.5. The summed E-state index contributed by atoms with van der Waals surface area (Å²) in [6.45, 7) is 6.83. The van der Waals surface area contributed by atoms with Crippen molar-refractivity contribution in [2.24, 2.45) is 17.8 Å². The maximum atomic E-state index is 14.0. The van der Waals surface area contributed by atoms with Crippen molar-refractivity contribution in [2.45, 2.75) is 52.2 Å². The molecule has 6 heteroatoms. The number of hydrogen-bond acceptors (Lipinski definition) is 5. The van der Waals surface area contributed by atoms with E-state index in [0.29, 0.717) is 36.0 Å². The van der Waals surface area contributed by atoms with E-state index in [2.05, 4.69) is 13.8 Å². The molecule has 0 N–H and O–H groups in total. The van der Waals surface area contributed by atoms with Gasteiger partial charge < -0.3 is 19.1 Å². The fraction of sp³-hybridized carbons (Fsp3) is 0.467. The van der Waals surface area contributed by atoms with Crippen molar-refractivity contribution < 1.29 is 23.8 Å². The van der Waals surface area contributed by atoms with Crippen LogP contribution in [0.4, 0.5) is 0 Å². The number of nitrogens with zero attached hydrogens (tertiary/aromatic N) is 1. The summed E-state index contributed by atoms with van der Waals surface area (Å²) < 4.78 is 17.2. The first-order valence-corrected chi connectivity index (χ1v) is 12.9. The monoisotopic (exact) mass is 489 g/mol. The third-order valence-corrected chi connectivity index (χ3v) is 8.01. The normalized spacial score (nSPS) is 27.5. The van der Waals surface area contributed by atoms with E-state index in [9.17, 15) is 9.59 Å². The average molecular weight is 490 g/mol. The first-order chi connectivity index (χ1) is 17.3. The average Bonchev–Trinajstić information content (AvgIpc) is 3.15. The SMILES string of the molecule is COc1ccc(CCN2C(=O)C3=C(C(=O)C4CC(C)CC(C)C4O3)C2c2ccc(C)cc2)cc1OC. The Balaban J connectivity index is 1.49. The van der Waals surface area contributed by atoms with Crippen LogP contribution in [0.2, 0.25) is 0 Å².